The lowest BCUT2D eigenvalue weighted by atomic mass is 10.1. The number of hydrogen-bond donors (Lipinski definition) is 3. The Morgan fingerprint density at radius 3 is 2.48 bits per heavy atom. The number of aromatic nitrogens is 3. The summed E-state index contributed by atoms with van der Waals surface area (Å²) in [6, 6.07) is 18.6. The Balaban J connectivity index is 1.35. The minimum atomic E-state index is -4.17. The largest absolute Gasteiger partial charge is 0.468 e. The Morgan fingerprint density at radius 2 is 1.77 bits per heavy atom. The van der Waals surface area contributed by atoms with Gasteiger partial charge in [0.1, 0.15) is 42.1 Å². The number of nitrogens with zero attached hydrogens (tertiary/aromatic N) is 3. The zero-order chi connectivity index (χ0) is 28.3. The van der Waals surface area contributed by atoms with Gasteiger partial charge in [-0.3, -0.25) is 9.32 Å². The number of carbonyl (C=O) groups excluding carboxylic acids is 1. The highest BCUT2D eigenvalue weighted by Crippen LogP contribution is 2.46. The van der Waals surface area contributed by atoms with Crippen molar-refractivity contribution in [1.29, 1.82) is 0 Å². The summed E-state index contributed by atoms with van der Waals surface area (Å²) in [5.74, 6) is -0.446. The number of rotatable bonds is 10. The normalized spacial score (nSPS) is 23.0. The van der Waals surface area contributed by atoms with Gasteiger partial charge < -0.3 is 28.8 Å². The van der Waals surface area contributed by atoms with Crippen LogP contribution in [0.5, 0.6) is 5.75 Å². The summed E-state index contributed by atoms with van der Waals surface area (Å²) in [6.07, 6.45) is -1.73. The molecular weight excluding hydrogens is 539 g/mol. The first-order valence-corrected chi connectivity index (χ1v) is 14.1. The van der Waals surface area contributed by atoms with Crippen molar-refractivity contribution in [3.63, 3.8) is 0 Å². The minimum Gasteiger partial charge on any atom is -0.468 e. The molecule has 2 aromatic carbocycles. The van der Waals surface area contributed by atoms with Gasteiger partial charge in [0, 0.05) is 17.1 Å². The Kier molecular flexibility index (Phi) is 8.27. The molecule has 12 nitrogen and oxygen atoms in total. The zero-order valence-corrected chi connectivity index (χ0v) is 22.6. The summed E-state index contributed by atoms with van der Waals surface area (Å²) < 4.78 is 37.1. The van der Waals surface area contributed by atoms with Crippen molar-refractivity contribution >= 4 is 24.7 Å². The number of methoxy groups -OCH3 is 1. The fraction of sp³-hybridized carbons (Fsp3) is 0.296. The highest BCUT2D eigenvalue weighted by atomic mass is 31.2. The van der Waals surface area contributed by atoms with Crippen molar-refractivity contribution in [2.45, 2.75) is 37.5 Å². The molecule has 4 aromatic rings. The molecule has 0 aliphatic carbocycles. The van der Waals surface area contributed by atoms with Gasteiger partial charge in [0.05, 0.1) is 19.4 Å². The number of para-hydroxylation sites is 1. The number of nitrogens with one attached hydrogen (secondary N) is 1. The van der Waals surface area contributed by atoms with Crippen molar-refractivity contribution in [3.05, 3.63) is 79.3 Å². The summed E-state index contributed by atoms with van der Waals surface area (Å²) in [4.78, 5) is 20.8. The molecule has 0 radical (unpaired) electrons. The van der Waals surface area contributed by atoms with E-state index in [9.17, 15) is 19.6 Å². The van der Waals surface area contributed by atoms with E-state index in [0.717, 1.165) is 10.9 Å². The van der Waals surface area contributed by atoms with Crippen molar-refractivity contribution in [3.8, 4) is 17.0 Å². The number of carbonyl (C=O) groups is 1. The fourth-order valence-electron chi connectivity index (χ4n) is 4.45. The third-order valence-electron chi connectivity index (χ3n) is 6.45. The molecule has 1 aliphatic rings. The summed E-state index contributed by atoms with van der Waals surface area (Å²) in [5.41, 5.74) is 2.11. The highest BCUT2D eigenvalue weighted by Gasteiger charge is 2.46. The monoisotopic (exact) mass is 568 g/mol. The summed E-state index contributed by atoms with van der Waals surface area (Å²) >= 11 is 0. The van der Waals surface area contributed by atoms with E-state index in [-0.39, 0.29) is 5.75 Å². The van der Waals surface area contributed by atoms with Crippen LogP contribution < -0.4 is 9.61 Å². The van der Waals surface area contributed by atoms with E-state index in [0.29, 0.717) is 11.3 Å². The molecule has 0 amide bonds. The quantitative estimate of drug-likeness (QED) is 0.191. The number of aliphatic hydroxyl groups is 2. The van der Waals surface area contributed by atoms with E-state index in [1.807, 2.05) is 36.4 Å². The predicted molar refractivity (Wildman–Crippen MR) is 144 cm³/mol. The molecule has 2 aromatic heterocycles. The van der Waals surface area contributed by atoms with Crippen LogP contribution in [0.4, 0.5) is 0 Å². The first kappa shape index (κ1) is 27.9. The second kappa shape index (κ2) is 11.8. The molecule has 1 saturated heterocycles. The second-order valence-electron chi connectivity index (χ2n) is 9.17. The standard InChI is InChI=1S/C27H29N4O8P/c1-17(27(34)36-2)30-40(35,39-19-11-7-4-8-12-19)37-15-21-23(32)24(33)26(38-21)31-14-13-20-22(28-16-29-25(20)31)18-9-5-3-6-10-18/h3-14,16-17,21,23-24,26,32-33H,15H2,1-2H3,(H,30,35)/t17-,21+,23+,24+,26+,40?/m0/s1. The van der Waals surface area contributed by atoms with Gasteiger partial charge in [0.2, 0.25) is 0 Å². The number of benzene rings is 2. The minimum absolute atomic E-state index is 0.230. The van der Waals surface area contributed by atoms with Crippen LogP contribution in [0, 0.1) is 0 Å². The van der Waals surface area contributed by atoms with Crippen LogP contribution >= 0.6 is 7.75 Å². The Hall–Kier alpha value is -3.64. The summed E-state index contributed by atoms with van der Waals surface area (Å²) in [6.45, 7) is 1.02. The van der Waals surface area contributed by atoms with Gasteiger partial charge in [-0.1, -0.05) is 48.5 Å². The Bertz CT molecular complexity index is 1500. The Labute approximate surface area is 230 Å². The molecule has 40 heavy (non-hydrogen) atoms. The second-order valence-corrected chi connectivity index (χ2v) is 10.9. The SMILES string of the molecule is COC(=O)[C@H](C)NP(=O)(OC[C@H]1O[C@@H](n2ccc3c(-c4ccccc4)ncnc32)[C@H](O)[C@@H]1O)Oc1ccccc1. The number of aliphatic hydroxyl groups excluding tert-OH is 2. The molecule has 5 rings (SSSR count). The number of ether oxygens (including phenoxy) is 2. The molecule has 0 spiro atoms. The third kappa shape index (κ3) is 5.78. The maximum absolute atomic E-state index is 13.6. The molecule has 1 unspecified atom stereocenters. The van der Waals surface area contributed by atoms with Crippen molar-refractivity contribution in [2.24, 2.45) is 0 Å². The summed E-state index contributed by atoms with van der Waals surface area (Å²) in [5, 5.41) is 25.0. The molecule has 0 bridgehead atoms. The third-order valence-corrected chi connectivity index (χ3v) is 8.10. The van der Waals surface area contributed by atoms with E-state index in [4.69, 9.17) is 18.5 Å². The summed E-state index contributed by atoms with van der Waals surface area (Å²) in [7, 11) is -2.97. The van der Waals surface area contributed by atoms with Crippen molar-refractivity contribution < 1.29 is 38.1 Å². The lowest BCUT2D eigenvalue weighted by Crippen LogP contribution is -2.37. The first-order valence-electron chi connectivity index (χ1n) is 12.5. The predicted octanol–water partition coefficient (Wildman–Crippen LogP) is 3.07. The van der Waals surface area contributed by atoms with Crippen LogP contribution in [0.1, 0.15) is 13.2 Å². The molecule has 3 N–H and O–H groups in total. The van der Waals surface area contributed by atoms with Gasteiger partial charge >= 0.3 is 13.7 Å². The van der Waals surface area contributed by atoms with E-state index in [1.54, 1.807) is 41.1 Å². The smallest absolute Gasteiger partial charge is 0.459 e. The average molecular weight is 569 g/mol. The molecule has 1 fully saturated rings. The molecule has 3 heterocycles. The number of fused-ring (bicyclic) bond motifs is 1. The molecule has 210 valence electrons. The molecule has 6 atom stereocenters. The van der Waals surface area contributed by atoms with Gasteiger partial charge in [-0.15, -0.1) is 0 Å². The van der Waals surface area contributed by atoms with E-state index >= 15 is 0 Å². The van der Waals surface area contributed by atoms with Crippen LogP contribution in [0.3, 0.4) is 0 Å². The zero-order valence-electron chi connectivity index (χ0n) is 21.7. The highest BCUT2D eigenvalue weighted by molar-refractivity contribution is 7.52. The van der Waals surface area contributed by atoms with E-state index in [1.165, 1.54) is 20.4 Å². The van der Waals surface area contributed by atoms with Crippen LogP contribution in [-0.2, 0) is 23.4 Å². The van der Waals surface area contributed by atoms with Gasteiger partial charge in [0.25, 0.3) is 0 Å². The Morgan fingerprint density at radius 1 is 1.07 bits per heavy atom. The van der Waals surface area contributed by atoms with Crippen LogP contribution in [0.25, 0.3) is 22.3 Å². The molecule has 13 heteroatoms. The fourth-order valence-corrected chi connectivity index (χ4v) is 5.95. The lowest BCUT2D eigenvalue weighted by molar-refractivity contribution is -0.142. The molecule has 0 saturated carbocycles. The number of esters is 1. The van der Waals surface area contributed by atoms with Crippen LogP contribution in [-0.4, -0.2) is 68.8 Å². The molecule has 1 aliphatic heterocycles. The van der Waals surface area contributed by atoms with Gasteiger partial charge in [-0.25, -0.2) is 14.5 Å². The van der Waals surface area contributed by atoms with E-state index in [2.05, 4.69) is 15.1 Å². The van der Waals surface area contributed by atoms with Gasteiger partial charge in [-0.05, 0) is 25.1 Å². The lowest BCUT2D eigenvalue weighted by Gasteiger charge is -2.24. The van der Waals surface area contributed by atoms with Crippen LogP contribution in [0.2, 0.25) is 0 Å². The van der Waals surface area contributed by atoms with Gasteiger partial charge in [0.15, 0.2) is 6.23 Å². The maximum Gasteiger partial charge on any atom is 0.459 e. The number of hydrogen-bond acceptors (Lipinski definition) is 10. The maximum atomic E-state index is 13.6. The average Bonchev–Trinajstić information content (AvgIpc) is 3.52. The van der Waals surface area contributed by atoms with Gasteiger partial charge in [-0.2, -0.15) is 5.09 Å². The topological polar surface area (TPSA) is 154 Å². The molecular formula is C27H29N4O8P. The van der Waals surface area contributed by atoms with Crippen molar-refractivity contribution in [1.82, 2.24) is 19.6 Å². The first-order chi connectivity index (χ1) is 19.3. The van der Waals surface area contributed by atoms with E-state index < -0.39 is 50.9 Å². The van der Waals surface area contributed by atoms with Crippen molar-refractivity contribution in [2.75, 3.05) is 13.7 Å². The van der Waals surface area contributed by atoms with Crippen LogP contribution in [0.15, 0.2) is 79.3 Å².